The lowest BCUT2D eigenvalue weighted by Gasteiger charge is -2.08. The first-order valence-corrected chi connectivity index (χ1v) is 4.46. The Hall–Kier alpha value is -0.800. The number of oxazole rings is 1. The lowest BCUT2D eigenvalue weighted by atomic mass is 10.3. The van der Waals surface area contributed by atoms with Crippen molar-refractivity contribution in [1.29, 1.82) is 0 Å². The number of hydrogen-bond donors (Lipinski definition) is 1. The molecule has 3 nitrogen and oxygen atoms in total. The van der Waals surface area contributed by atoms with E-state index in [2.05, 4.69) is 16.9 Å². The van der Waals surface area contributed by atoms with Gasteiger partial charge in [-0.15, -0.1) is 0 Å². The molecule has 1 unspecified atom stereocenters. The molecule has 0 saturated heterocycles. The van der Waals surface area contributed by atoms with E-state index < -0.39 is 0 Å². The maximum Gasteiger partial charge on any atom is 0.211 e. The highest BCUT2D eigenvalue weighted by atomic mass is 35.5. The van der Waals surface area contributed by atoms with Gasteiger partial charge in [-0.25, -0.2) is 4.98 Å². The fraction of sp³-hybridized carbons (Fsp3) is 0.444. The third kappa shape index (κ3) is 3.20. The predicted octanol–water partition coefficient (Wildman–Crippen LogP) is 2.39. The summed E-state index contributed by atoms with van der Waals surface area (Å²) in [5, 5.41) is 3.70. The molecule has 0 aliphatic carbocycles. The van der Waals surface area contributed by atoms with E-state index in [4.69, 9.17) is 16.0 Å². The van der Waals surface area contributed by atoms with Crippen LogP contribution < -0.4 is 5.32 Å². The van der Waals surface area contributed by atoms with Gasteiger partial charge >= 0.3 is 0 Å². The van der Waals surface area contributed by atoms with Crippen LogP contribution in [0.2, 0.25) is 0 Å². The van der Waals surface area contributed by atoms with Crippen molar-refractivity contribution in [2.45, 2.75) is 19.9 Å². The van der Waals surface area contributed by atoms with E-state index in [-0.39, 0.29) is 6.04 Å². The van der Waals surface area contributed by atoms with Crippen molar-refractivity contribution in [3.8, 4) is 0 Å². The summed E-state index contributed by atoms with van der Waals surface area (Å²) in [5.41, 5.74) is 0. The van der Waals surface area contributed by atoms with Gasteiger partial charge in [-0.05, 0) is 13.8 Å². The summed E-state index contributed by atoms with van der Waals surface area (Å²) in [4.78, 5) is 4.09. The fourth-order valence-electron chi connectivity index (χ4n) is 0.924. The fourth-order valence-corrected chi connectivity index (χ4v) is 1.00. The van der Waals surface area contributed by atoms with Crippen LogP contribution >= 0.6 is 11.6 Å². The van der Waals surface area contributed by atoms with Crippen LogP contribution in [0.3, 0.4) is 0 Å². The SMILES string of the molecule is C=C(Cl)CNC(C)c1ncc(C)o1. The van der Waals surface area contributed by atoms with Crippen LogP contribution in [0.5, 0.6) is 0 Å². The summed E-state index contributed by atoms with van der Waals surface area (Å²) in [6.07, 6.45) is 1.70. The first-order valence-electron chi connectivity index (χ1n) is 4.08. The number of halogens is 1. The summed E-state index contributed by atoms with van der Waals surface area (Å²) in [5.74, 6) is 1.49. The molecule has 0 radical (unpaired) electrons. The summed E-state index contributed by atoms with van der Waals surface area (Å²) in [6.45, 7) is 7.97. The number of rotatable bonds is 4. The number of nitrogens with zero attached hydrogens (tertiary/aromatic N) is 1. The minimum atomic E-state index is 0.0594. The van der Waals surface area contributed by atoms with E-state index in [0.29, 0.717) is 17.5 Å². The van der Waals surface area contributed by atoms with Crippen LogP contribution in [-0.4, -0.2) is 11.5 Å². The average molecular weight is 201 g/mol. The molecule has 1 heterocycles. The van der Waals surface area contributed by atoms with Gasteiger partial charge in [0.05, 0.1) is 12.2 Å². The van der Waals surface area contributed by atoms with Gasteiger partial charge in [-0.3, -0.25) is 0 Å². The molecule has 0 saturated carbocycles. The van der Waals surface area contributed by atoms with Gasteiger partial charge in [-0.2, -0.15) is 0 Å². The Balaban J connectivity index is 2.48. The van der Waals surface area contributed by atoms with Crippen LogP contribution in [0.4, 0.5) is 0 Å². The Morgan fingerprint density at radius 3 is 3.00 bits per heavy atom. The van der Waals surface area contributed by atoms with E-state index >= 15 is 0 Å². The van der Waals surface area contributed by atoms with Crippen LogP contribution in [0.25, 0.3) is 0 Å². The zero-order chi connectivity index (χ0) is 9.84. The molecule has 0 amide bonds. The minimum absolute atomic E-state index is 0.0594. The molecule has 0 aromatic carbocycles. The number of aromatic nitrogens is 1. The van der Waals surface area contributed by atoms with Gasteiger partial charge in [0.25, 0.3) is 0 Å². The van der Waals surface area contributed by atoms with Crippen molar-refractivity contribution >= 4 is 11.6 Å². The zero-order valence-electron chi connectivity index (χ0n) is 7.80. The monoisotopic (exact) mass is 200 g/mol. The summed E-state index contributed by atoms with van der Waals surface area (Å²) in [6, 6.07) is 0.0594. The van der Waals surface area contributed by atoms with Crippen LogP contribution in [0, 0.1) is 6.92 Å². The number of aryl methyl sites for hydroxylation is 1. The molecule has 4 heteroatoms. The number of hydrogen-bond acceptors (Lipinski definition) is 3. The van der Waals surface area contributed by atoms with E-state index in [1.807, 2.05) is 13.8 Å². The first-order chi connectivity index (χ1) is 6.09. The maximum absolute atomic E-state index is 5.61. The lowest BCUT2D eigenvalue weighted by molar-refractivity contribution is 0.411. The summed E-state index contributed by atoms with van der Waals surface area (Å²) < 4.78 is 5.33. The van der Waals surface area contributed by atoms with E-state index in [0.717, 1.165) is 5.76 Å². The standard InChI is InChI=1S/C9H13ClN2O/c1-6(10)4-11-8(3)9-12-5-7(2)13-9/h5,8,11H,1,4H2,2-3H3. The van der Waals surface area contributed by atoms with E-state index in [1.165, 1.54) is 0 Å². The molecule has 1 aromatic heterocycles. The third-order valence-electron chi connectivity index (χ3n) is 1.61. The molecule has 0 bridgehead atoms. The second-order valence-corrected chi connectivity index (χ2v) is 3.46. The highest BCUT2D eigenvalue weighted by Gasteiger charge is 2.09. The van der Waals surface area contributed by atoms with Gasteiger partial charge in [0.15, 0.2) is 0 Å². The Labute approximate surface area is 82.8 Å². The second kappa shape index (κ2) is 4.44. The first kappa shape index (κ1) is 10.3. The lowest BCUT2D eigenvalue weighted by Crippen LogP contribution is -2.19. The molecular formula is C9H13ClN2O. The normalized spacial score (nSPS) is 12.8. The average Bonchev–Trinajstić information content (AvgIpc) is 2.47. The Morgan fingerprint density at radius 1 is 1.85 bits per heavy atom. The Bertz CT molecular complexity index is 296. The highest BCUT2D eigenvalue weighted by Crippen LogP contribution is 2.12. The Morgan fingerprint density at radius 2 is 2.54 bits per heavy atom. The van der Waals surface area contributed by atoms with Crippen molar-refractivity contribution in [3.63, 3.8) is 0 Å². The van der Waals surface area contributed by atoms with Crippen molar-refractivity contribution < 1.29 is 4.42 Å². The van der Waals surface area contributed by atoms with Crippen molar-refractivity contribution in [1.82, 2.24) is 10.3 Å². The molecule has 0 aliphatic rings. The molecule has 13 heavy (non-hydrogen) atoms. The molecule has 1 rings (SSSR count). The molecule has 1 aromatic rings. The van der Waals surface area contributed by atoms with Crippen LogP contribution in [0.1, 0.15) is 24.6 Å². The van der Waals surface area contributed by atoms with Crippen LogP contribution in [0.15, 0.2) is 22.2 Å². The molecule has 72 valence electrons. The van der Waals surface area contributed by atoms with Crippen molar-refractivity contribution in [3.05, 3.63) is 29.5 Å². The molecular weight excluding hydrogens is 188 g/mol. The molecule has 0 aliphatic heterocycles. The minimum Gasteiger partial charge on any atom is -0.444 e. The van der Waals surface area contributed by atoms with Gasteiger partial charge in [0, 0.05) is 11.6 Å². The van der Waals surface area contributed by atoms with Gasteiger partial charge in [0.2, 0.25) is 5.89 Å². The third-order valence-corrected chi connectivity index (χ3v) is 1.74. The van der Waals surface area contributed by atoms with E-state index in [9.17, 15) is 0 Å². The smallest absolute Gasteiger partial charge is 0.211 e. The zero-order valence-corrected chi connectivity index (χ0v) is 8.56. The summed E-state index contributed by atoms with van der Waals surface area (Å²) in [7, 11) is 0. The molecule has 1 atom stereocenters. The molecule has 0 spiro atoms. The van der Waals surface area contributed by atoms with Crippen molar-refractivity contribution in [2.24, 2.45) is 0 Å². The van der Waals surface area contributed by atoms with Gasteiger partial charge in [-0.1, -0.05) is 18.2 Å². The maximum atomic E-state index is 5.61. The number of nitrogens with one attached hydrogen (secondary N) is 1. The summed E-state index contributed by atoms with van der Waals surface area (Å²) >= 11 is 5.61. The van der Waals surface area contributed by atoms with E-state index in [1.54, 1.807) is 6.20 Å². The molecule has 1 N–H and O–H groups in total. The second-order valence-electron chi connectivity index (χ2n) is 2.93. The van der Waals surface area contributed by atoms with Crippen molar-refractivity contribution in [2.75, 3.05) is 6.54 Å². The topological polar surface area (TPSA) is 38.1 Å². The predicted molar refractivity (Wildman–Crippen MR) is 52.7 cm³/mol. The van der Waals surface area contributed by atoms with Crippen LogP contribution in [-0.2, 0) is 0 Å². The highest BCUT2D eigenvalue weighted by molar-refractivity contribution is 6.29. The largest absolute Gasteiger partial charge is 0.444 e. The Kier molecular flexibility index (Phi) is 3.51. The molecule has 0 fully saturated rings. The van der Waals surface area contributed by atoms with Gasteiger partial charge in [0.1, 0.15) is 5.76 Å². The van der Waals surface area contributed by atoms with Gasteiger partial charge < -0.3 is 9.73 Å². The quantitative estimate of drug-likeness (QED) is 0.811.